The first-order chi connectivity index (χ1) is 38.3. The van der Waals surface area contributed by atoms with Crippen molar-refractivity contribution in [2.45, 2.75) is 136 Å². The van der Waals surface area contributed by atoms with Crippen LogP contribution in [0.3, 0.4) is 0 Å². The van der Waals surface area contributed by atoms with Crippen molar-refractivity contribution in [3.05, 3.63) is 109 Å². The van der Waals surface area contributed by atoms with Gasteiger partial charge in [-0.1, -0.05) is 57.5 Å². The maximum absolute atomic E-state index is 16.1. The van der Waals surface area contributed by atoms with Gasteiger partial charge in [-0.15, -0.1) is 0 Å². The molecule has 10 rings (SSSR count). The van der Waals surface area contributed by atoms with Gasteiger partial charge in [-0.2, -0.15) is 0 Å². The van der Waals surface area contributed by atoms with Gasteiger partial charge in [0.2, 0.25) is 17.0 Å². The predicted molar refractivity (Wildman–Crippen MR) is 295 cm³/mol. The molecule has 3 fully saturated rings. The molecular formula is C59H69ClFN5O15. The Morgan fingerprint density at radius 3 is 2.20 bits per heavy atom. The molecule has 2 saturated heterocycles. The number of carboxylic acids is 1. The van der Waals surface area contributed by atoms with E-state index in [1.807, 2.05) is 0 Å². The molecule has 6 N–H and O–H groups in total. The Labute approximate surface area is 472 Å². The number of carboxylic acid groups (broad SMARTS) is 1. The van der Waals surface area contributed by atoms with Gasteiger partial charge in [0, 0.05) is 106 Å². The number of ketones is 3. The van der Waals surface area contributed by atoms with Crippen molar-refractivity contribution in [1.82, 2.24) is 20.1 Å². The van der Waals surface area contributed by atoms with Crippen molar-refractivity contribution in [3.8, 4) is 11.5 Å². The number of nitrogens with one attached hydrogen (secondary N) is 2. The van der Waals surface area contributed by atoms with Gasteiger partial charge < -0.3 is 64.4 Å². The number of hydrogen-bond acceptors (Lipinski definition) is 17. The molecule has 0 radical (unpaired) electrons. The number of Topliss-reactive ketones (excluding diaryl/α,β-unsaturated/α-hetero) is 3. The summed E-state index contributed by atoms with van der Waals surface area (Å²) >= 11 is 6.97. The van der Waals surface area contributed by atoms with Gasteiger partial charge in [0.25, 0.3) is 11.7 Å². The number of piperidine rings is 1. The van der Waals surface area contributed by atoms with Gasteiger partial charge >= 0.3 is 17.7 Å². The number of aliphatic hydroxyl groups is 2. The molecule has 3 aromatic rings. The molecule has 7 aliphatic rings. The molecular weight excluding hydrogens is 1070 g/mol. The number of aromatic carboxylic acids is 1. The zero-order valence-corrected chi connectivity index (χ0v) is 47.4. The number of allylic oxidation sites excluding steroid dienone is 4. The third-order valence-corrected chi connectivity index (χ3v) is 17.4. The van der Waals surface area contributed by atoms with Gasteiger partial charge in [-0.3, -0.25) is 28.8 Å². The van der Waals surface area contributed by atoms with Crippen molar-refractivity contribution >= 4 is 63.4 Å². The number of hydrogen-bond donors (Lipinski definition) is 6. The molecule has 20 nitrogen and oxygen atoms in total. The third-order valence-electron chi connectivity index (χ3n) is 17.1. The lowest BCUT2D eigenvalue weighted by atomic mass is 9.78. The second-order valence-electron chi connectivity index (χ2n) is 22.6. The minimum absolute atomic E-state index is 0.0199. The minimum atomic E-state index is -2.16. The molecule has 5 aliphatic heterocycles. The number of aromatic hydroxyl groups is 1. The van der Waals surface area contributed by atoms with E-state index in [1.54, 1.807) is 54.2 Å². The van der Waals surface area contributed by atoms with Crippen LogP contribution in [-0.2, 0) is 23.8 Å². The molecule has 0 spiro atoms. The van der Waals surface area contributed by atoms with Crippen LogP contribution in [0.2, 0.25) is 5.02 Å². The van der Waals surface area contributed by atoms with Gasteiger partial charge in [-0.25, -0.2) is 9.18 Å². The fourth-order valence-electron chi connectivity index (χ4n) is 12.2. The number of aliphatic hydroxyl groups excluding tert-OH is 2. The van der Waals surface area contributed by atoms with E-state index in [-0.39, 0.29) is 81.0 Å². The lowest BCUT2D eigenvalue weighted by molar-refractivity contribution is -0.160. The molecule has 2 aliphatic carbocycles. The number of nitrogens with zero attached hydrogens (tertiary/aromatic N) is 3. The summed E-state index contributed by atoms with van der Waals surface area (Å²) < 4.78 is 41.6. The number of carbonyl (C=O) groups excluding carboxylic acids is 5. The summed E-state index contributed by atoms with van der Waals surface area (Å²) in [5.41, 5.74) is -2.72. The van der Waals surface area contributed by atoms with Crippen molar-refractivity contribution < 1.29 is 72.5 Å². The number of likely N-dealkylation sites (tertiary alicyclic amines) is 1. The van der Waals surface area contributed by atoms with Gasteiger partial charge in [0.05, 0.1) is 62.9 Å². The van der Waals surface area contributed by atoms with Crippen LogP contribution < -0.4 is 25.7 Å². The average molecular weight is 1140 g/mol. The Bertz CT molecular complexity index is 3320. The minimum Gasteiger partial charge on any atom is -0.507 e. The number of phenolic OH excluding ortho intramolecular Hbond substituents is 1. The number of carbonyl (C=O) groups is 6. The van der Waals surface area contributed by atoms with E-state index in [1.165, 1.54) is 53.2 Å². The zero-order chi connectivity index (χ0) is 58.8. The zero-order valence-electron chi connectivity index (χ0n) is 46.6. The quantitative estimate of drug-likeness (QED) is 0.133. The number of benzene rings is 2. The number of pyridine rings is 1. The maximum atomic E-state index is 16.1. The highest BCUT2D eigenvalue weighted by molar-refractivity contribution is 6.38. The Morgan fingerprint density at radius 2 is 1.56 bits per heavy atom. The number of methoxy groups -OCH3 is 1. The number of amides is 1. The van der Waals surface area contributed by atoms with Gasteiger partial charge in [0.1, 0.15) is 40.4 Å². The van der Waals surface area contributed by atoms with Crippen molar-refractivity contribution in [3.63, 3.8) is 0 Å². The third kappa shape index (κ3) is 10.8. The fourth-order valence-corrected chi connectivity index (χ4v) is 12.6. The molecule has 6 heterocycles. The van der Waals surface area contributed by atoms with E-state index in [0.717, 1.165) is 25.2 Å². The molecule has 10 atom stereocenters. The summed E-state index contributed by atoms with van der Waals surface area (Å²) in [7, 11) is 1.41. The summed E-state index contributed by atoms with van der Waals surface area (Å²) in [6, 6.07) is 0.676. The van der Waals surface area contributed by atoms with Gasteiger partial charge in [0.15, 0.2) is 0 Å². The Balaban J connectivity index is 1.02. The number of halogens is 2. The number of aromatic nitrogens is 1. The Hall–Kier alpha value is -6.91. The summed E-state index contributed by atoms with van der Waals surface area (Å²) in [5, 5.41) is 51.0. The van der Waals surface area contributed by atoms with Crippen molar-refractivity contribution in [1.29, 1.82) is 0 Å². The molecule has 5 bridgehead atoms. The smallest absolute Gasteiger partial charge is 0.341 e. The van der Waals surface area contributed by atoms with E-state index < -0.39 is 128 Å². The summed E-state index contributed by atoms with van der Waals surface area (Å²) in [6.45, 7) is 13.4. The predicted octanol–water partition coefficient (Wildman–Crippen LogP) is 6.43. The fraction of sp³-hybridized carbons (Fsp3) is 0.508. The normalized spacial score (nSPS) is 30.2. The van der Waals surface area contributed by atoms with E-state index in [4.69, 9.17) is 30.5 Å². The number of esters is 1. The van der Waals surface area contributed by atoms with Crippen LogP contribution in [0, 0.1) is 36.4 Å². The first kappa shape index (κ1) is 58.7. The van der Waals surface area contributed by atoms with E-state index >= 15 is 14.0 Å². The molecule has 1 unspecified atom stereocenters. The number of ether oxygens (including phenoxy) is 4. The standard InChI is InChI=1S/C59H69ClFN5O15/c1-26-11-10-12-27(2)57(75)63-44-47(64-19-15-33(16-20-64)62-34-17-21-65(24-34)46-38(61)23-36-45(43(46)60)66(35-13-14-35)25-37(51(36)71)58(76)77)53(73)40-41(52(44)72)50(70)31(6)55-42(40)56(74)59(8,81-55)79-22-18-39(78-9)28(3)54(80-32(7)67)30(5)49(69)29(4)48(26)68/h10-12,18,22-23,25-26,28-30,33-35,39,48-49,54,62,68-70H,13-17,19-21,24H2,1-9H3,(H,63,75)(H,76,77)/b11-10+,22-18+,27-12-/t26-,28-,29-,30-,34?,39+,48+,49+,54+,59+/m1/s1. The highest BCUT2D eigenvalue weighted by Gasteiger charge is 2.53. The summed E-state index contributed by atoms with van der Waals surface area (Å²) in [4.78, 5) is 100. The average Bonchev–Trinajstić information content (AvgIpc) is 2.63. The van der Waals surface area contributed by atoms with Crippen LogP contribution in [0.4, 0.5) is 10.1 Å². The molecule has 1 amide bonds. The lowest BCUT2D eigenvalue weighted by Gasteiger charge is -2.38. The van der Waals surface area contributed by atoms with Crippen LogP contribution in [0.25, 0.3) is 10.9 Å². The van der Waals surface area contributed by atoms with E-state index in [9.17, 15) is 44.4 Å². The largest absolute Gasteiger partial charge is 0.507 e. The molecule has 1 saturated carbocycles. The number of rotatable bonds is 8. The van der Waals surface area contributed by atoms with Crippen molar-refractivity contribution in [2.24, 2.45) is 23.7 Å². The molecule has 1 aromatic heterocycles. The van der Waals surface area contributed by atoms with Crippen LogP contribution >= 0.6 is 11.6 Å². The number of anilines is 1. The van der Waals surface area contributed by atoms with Crippen LogP contribution in [0.5, 0.6) is 11.5 Å². The lowest BCUT2D eigenvalue weighted by Crippen LogP contribution is -2.49. The first-order valence-electron chi connectivity index (χ1n) is 27.4. The number of phenols is 1. The molecule has 81 heavy (non-hydrogen) atoms. The highest BCUT2D eigenvalue weighted by atomic mass is 35.5. The second-order valence-corrected chi connectivity index (χ2v) is 23.0. The van der Waals surface area contributed by atoms with Crippen LogP contribution in [-0.4, -0.2) is 141 Å². The molecule has 22 heteroatoms. The molecule has 434 valence electrons. The van der Waals surface area contributed by atoms with Crippen LogP contribution in [0.15, 0.2) is 64.6 Å². The van der Waals surface area contributed by atoms with Crippen LogP contribution in [0.1, 0.15) is 134 Å². The maximum Gasteiger partial charge on any atom is 0.341 e. The van der Waals surface area contributed by atoms with E-state index in [2.05, 4.69) is 10.6 Å². The topological polar surface area (TPSA) is 273 Å². The SMILES string of the molecule is CO[C@H]1/C=C/O[C@@]2(C)Oc3c(C)c(O)c4c(c3C2=O)C(=O)C(N2CCC(NC3CCN(c5c(F)cc6c(=O)c(C(=O)O)cn(C7CC7)c6c5Cl)C3)CC2)=C(NC(=O)/C(C)=C\C=C\[C@@H](C)[C@H](O)[C@@H](C)[C@H](O)[C@@H](C)[C@@H](OC(C)=O)[C@@H]1C)C4=O. The van der Waals surface area contributed by atoms with Gasteiger partial charge in [-0.05, 0) is 58.1 Å². The first-order valence-corrected chi connectivity index (χ1v) is 27.8. The van der Waals surface area contributed by atoms with E-state index in [0.29, 0.717) is 32.4 Å². The molecule has 2 aromatic carbocycles. The monoisotopic (exact) mass is 1140 g/mol. The van der Waals surface area contributed by atoms with Crippen molar-refractivity contribution in [2.75, 3.05) is 38.2 Å². The Morgan fingerprint density at radius 1 is 0.889 bits per heavy atom. The Kier molecular flexibility index (Phi) is 16.5. The second kappa shape index (κ2) is 22.8. The summed E-state index contributed by atoms with van der Waals surface area (Å²) in [6.07, 6.45) is 7.37. The number of fused-ring (bicyclic) bond motifs is 15. The summed E-state index contributed by atoms with van der Waals surface area (Å²) in [5.74, 6) is -11.9. The highest BCUT2D eigenvalue weighted by Crippen LogP contribution is 2.50.